The molecule has 6 nitrogen and oxygen atoms in total. The van der Waals surface area contributed by atoms with Gasteiger partial charge in [-0.1, -0.05) is 278 Å². The van der Waals surface area contributed by atoms with E-state index in [-0.39, 0.29) is 31.1 Å². The fourth-order valence-electron chi connectivity index (χ4n) is 9.07. The van der Waals surface area contributed by atoms with Gasteiger partial charge in [0.05, 0.1) is 0 Å². The molecule has 0 saturated heterocycles. The van der Waals surface area contributed by atoms with Gasteiger partial charge in [-0.3, -0.25) is 14.4 Å². The normalized spacial score (nSPS) is 12.8. The topological polar surface area (TPSA) is 78.9 Å². The van der Waals surface area contributed by atoms with E-state index >= 15 is 0 Å². The van der Waals surface area contributed by atoms with E-state index < -0.39 is 6.10 Å². The maximum absolute atomic E-state index is 12.9. The summed E-state index contributed by atoms with van der Waals surface area (Å²) < 4.78 is 16.9. The zero-order valence-corrected chi connectivity index (χ0v) is 51.2. The second-order valence-corrected chi connectivity index (χ2v) is 21.6. The molecule has 0 aliphatic carbocycles. The molecule has 0 aromatic rings. The van der Waals surface area contributed by atoms with Gasteiger partial charge < -0.3 is 14.2 Å². The second-order valence-electron chi connectivity index (χ2n) is 21.6. The van der Waals surface area contributed by atoms with Crippen LogP contribution in [0.3, 0.4) is 0 Å². The van der Waals surface area contributed by atoms with Gasteiger partial charge in [-0.05, 0) is 122 Å². The molecule has 1 unspecified atom stereocenters. The molecular formula is C72H122O6. The third-order valence-corrected chi connectivity index (χ3v) is 14.0. The number of esters is 3. The Morgan fingerprint density at radius 1 is 0.269 bits per heavy atom. The van der Waals surface area contributed by atoms with Crippen molar-refractivity contribution in [3.8, 4) is 0 Å². The Balaban J connectivity index is 4.26. The van der Waals surface area contributed by atoms with Crippen molar-refractivity contribution >= 4 is 17.9 Å². The molecule has 0 spiro atoms. The average Bonchev–Trinajstić information content (AvgIpc) is 3.44. The van der Waals surface area contributed by atoms with Crippen LogP contribution in [0.5, 0.6) is 0 Å². The first kappa shape index (κ1) is 74.1. The lowest BCUT2D eigenvalue weighted by Gasteiger charge is -2.18. The molecule has 0 radical (unpaired) electrons. The highest BCUT2D eigenvalue weighted by molar-refractivity contribution is 5.71. The Bertz CT molecular complexity index is 1570. The summed E-state index contributed by atoms with van der Waals surface area (Å²) in [5, 5.41) is 0. The number of unbranched alkanes of at least 4 members (excludes halogenated alkanes) is 30. The van der Waals surface area contributed by atoms with Crippen LogP contribution < -0.4 is 0 Å². The van der Waals surface area contributed by atoms with Crippen molar-refractivity contribution in [1.29, 1.82) is 0 Å². The predicted molar refractivity (Wildman–Crippen MR) is 339 cm³/mol. The highest BCUT2D eigenvalue weighted by Gasteiger charge is 2.19. The zero-order chi connectivity index (χ0) is 56.4. The van der Waals surface area contributed by atoms with E-state index in [4.69, 9.17) is 14.2 Å². The van der Waals surface area contributed by atoms with Crippen LogP contribution >= 0.6 is 0 Å². The summed E-state index contributed by atoms with van der Waals surface area (Å²) >= 11 is 0. The highest BCUT2D eigenvalue weighted by atomic mass is 16.6. The zero-order valence-electron chi connectivity index (χ0n) is 51.2. The Hall–Kier alpha value is -3.93. The van der Waals surface area contributed by atoms with E-state index in [0.717, 1.165) is 122 Å². The van der Waals surface area contributed by atoms with Crippen molar-refractivity contribution < 1.29 is 28.6 Å². The molecule has 0 aliphatic rings. The van der Waals surface area contributed by atoms with Crippen molar-refractivity contribution in [3.05, 3.63) is 109 Å². The molecule has 0 aliphatic heterocycles. The minimum absolute atomic E-state index is 0.0853. The summed E-state index contributed by atoms with van der Waals surface area (Å²) in [6.45, 7) is 6.46. The number of hydrogen-bond acceptors (Lipinski definition) is 6. The largest absolute Gasteiger partial charge is 0.462 e. The molecule has 0 amide bonds. The molecular weight excluding hydrogens is 961 g/mol. The summed E-state index contributed by atoms with van der Waals surface area (Å²) in [6.07, 6.45) is 89.6. The van der Waals surface area contributed by atoms with Crippen LogP contribution in [0, 0.1) is 0 Å². The number of allylic oxidation sites excluding steroid dienone is 18. The monoisotopic (exact) mass is 1080 g/mol. The molecule has 0 rings (SSSR count). The SMILES string of the molecule is CC/C=C\C/C=C\C/C=C\C/C=C\C/C=C\CCCCCCCCCCCCCC(=O)OCC(COC(=O)CCCCCCC/C=C\CCC)OC(=O)CCCCCCCCCC/C=C\C/C=C\C/C=C\CCCCCCC. The molecule has 446 valence electrons. The van der Waals surface area contributed by atoms with Crippen molar-refractivity contribution in [2.75, 3.05) is 13.2 Å². The fourth-order valence-corrected chi connectivity index (χ4v) is 9.07. The lowest BCUT2D eigenvalue weighted by Crippen LogP contribution is -2.30. The smallest absolute Gasteiger partial charge is 0.306 e. The van der Waals surface area contributed by atoms with Gasteiger partial charge in [0, 0.05) is 19.3 Å². The van der Waals surface area contributed by atoms with Crippen LogP contribution in [0.4, 0.5) is 0 Å². The van der Waals surface area contributed by atoms with E-state index in [1.54, 1.807) is 0 Å². The van der Waals surface area contributed by atoms with Gasteiger partial charge in [-0.2, -0.15) is 0 Å². The molecule has 0 heterocycles. The Morgan fingerprint density at radius 2 is 0.526 bits per heavy atom. The lowest BCUT2D eigenvalue weighted by molar-refractivity contribution is -0.167. The van der Waals surface area contributed by atoms with Gasteiger partial charge in [0.2, 0.25) is 0 Å². The van der Waals surface area contributed by atoms with Crippen LogP contribution in [0.2, 0.25) is 0 Å². The van der Waals surface area contributed by atoms with Crippen LogP contribution in [-0.4, -0.2) is 37.2 Å². The standard InChI is InChI=1S/C72H122O6/c1-4-7-10-13-16-19-22-24-26-28-30-32-34-35-36-37-39-40-42-44-46-48-50-53-56-59-62-65-71(74)77-68-69(67-76-70(73)64-61-58-55-52-21-18-15-12-9-6-3)78-72(75)66-63-60-57-54-51-49-47-45-43-41-38-33-31-29-27-25-23-20-17-14-11-8-5-2/h7,10,12,15-16,19,23-26,29-32,35-36,38,41,69H,4-6,8-9,11,13-14,17-18,20-22,27-28,33-34,37,39-40,42-68H2,1-3H3/b10-7-,15-12-,19-16-,25-23-,26-24-,31-29-,32-30-,36-35-,41-38-. The van der Waals surface area contributed by atoms with Crippen molar-refractivity contribution in [1.82, 2.24) is 0 Å². The predicted octanol–water partition coefficient (Wildman–Crippen LogP) is 22.6. The third kappa shape index (κ3) is 62.9. The van der Waals surface area contributed by atoms with Crippen LogP contribution in [0.15, 0.2) is 109 Å². The van der Waals surface area contributed by atoms with Gasteiger partial charge in [0.15, 0.2) is 6.10 Å². The van der Waals surface area contributed by atoms with E-state index in [0.29, 0.717) is 19.3 Å². The molecule has 1 atom stereocenters. The maximum atomic E-state index is 12.9. The molecule has 0 bridgehead atoms. The minimum atomic E-state index is -0.789. The molecule has 0 aromatic carbocycles. The second kappa shape index (κ2) is 65.6. The first-order valence-electron chi connectivity index (χ1n) is 32.9. The quantitative estimate of drug-likeness (QED) is 0.0261. The average molecular weight is 1080 g/mol. The van der Waals surface area contributed by atoms with Crippen LogP contribution in [-0.2, 0) is 28.6 Å². The van der Waals surface area contributed by atoms with E-state index in [1.165, 1.54) is 148 Å². The van der Waals surface area contributed by atoms with Crippen LogP contribution in [0.1, 0.15) is 310 Å². The first-order chi connectivity index (χ1) is 38.5. The third-order valence-electron chi connectivity index (χ3n) is 14.0. The molecule has 78 heavy (non-hydrogen) atoms. The Kier molecular flexibility index (Phi) is 62.3. The maximum Gasteiger partial charge on any atom is 0.306 e. The fraction of sp³-hybridized carbons (Fsp3) is 0.708. The number of hydrogen-bond donors (Lipinski definition) is 0. The van der Waals surface area contributed by atoms with Gasteiger partial charge in [0.1, 0.15) is 13.2 Å². The Labute approximate surface area is 482 Å². The lowest BCUT2D eigenvalue weighted by atomic mass is 10.0. The number of carbonyl (C=O) groups excluding carboxylic acids is 3. The highest BCUT2D eigenvalue weighted by Crippen LogP contribution is 2.16. The first-order valence-corrected chi connectivity index (χ1v) is 32.9. The number of carbonyl (C=O) groups is 3. The van der Waals surface area contributed by atoms with E-state index in [2.05, 4.69) is 130 Å². The summed E-state index contributed by atoms with van der Waals surface area (Å²) in [4.78, 5) is 38.3. The van der Waals surface area contributed by atoms with Gasteiger partial charge >= 0.3 is 17.9 Å². The van der Waals surface area contributed by atoms with Crippen molar-refractivity contribution in [3.63, 3.8) is 0 Å². The molecule has 0 N–H and O–H groups in total. The van der Waals surface area contributed by atoms with E-state index in [9.17, 15) is 14.4 Å². The summed E-state index contributed by atoms with van der Waals surface area (Å²) in [6, 6.07) is 0. The van der Waals surface area contributed by atoms with Crippen LogP contribution in [0.25, 0.3) is 0 Å². The summed E-state index contributed by atoms with van der Waals surface area (Å²) in [5.74, 6) is -0.899. The minimum Gasteiger partial charge on any atom is -0.462 e. The van der Waals surface area contributed by atoms with Crippen molar-refractivity contribution in [2.24, 2.45) is 0 Å². The molecule has 0 fully saturated rings. The summed E-state index contributed by atoms with van der Waals surface area (Å²) in [7, 11) is 0. The summed E-state index contributed by atoms with van der Waals surface area (Å²) in [5.41, 5.74) is 0. The molecule has 0 aromatic heterocycles. The van der Waals surface area contributed by atoms with Gasteiger partial charge in [0.25, 0.3) is 0 Å². The number of rotatable bonds is 59. The van der Waals surface area contributed by atoms with Gasteiger partial charge in [-0.15, -0.1) is 0 Å². The van der Waals surface area contributed by atoms with Gasteiger partial charge in [-0.25, -0.2) is 0 Å². The number of ether oxygens (including phenoxy) is 3. The molecule has 0 saturated carbocycles. The van der Waals surface area contributed by atoms with Crippen molar-refractivity contribution in [2.45, 2.75) is 316 Å². The van der Waals surface area contributed by atoms with E-state index in [1.807, 2.05) is 0 Å². The Morgan fingerprint density at radius 3 is 0.846 bits per heavy atom. The molecule has 6 heteroatoms.